The predicted molar refractivity (Wildman–Crippen MR) is 147 cm³/mol. The average Bonchev–Trinajstić information content (AvgIpc) is 3.61. The van der Waals surface area contributed by atoms with Gasteiger partial charge in [0.1, 0.15) is 28.5 Å². The normalized spacial score (nSPS) is 17.3. The molecule has 1 saturated heterocycles. The van der Waals surface area contributed by atoms with Gasteiger partial charge in [0.25, 0.3) is 5.91 Å². The van der Waals surface area contributed by atoms with E-state index in [2.05, 4.69) is 28.0 Å². The molecule has 6 rings (SSSR count). The van der Waals surface area contributed by atoms with Crippen LogP contribution < -0.4 is 4.74 Å². The molecule has 0 saturated carbocycles. The van der Waals surface area contributed by atoms with Crippen LogP contribution in [0.15, 0.2) is 36.7 Å². The fourth-order valence-electron chi connectivity index (χ4n) is 5.67. The highest BCUT2D eigenvalue weighted by molar-refractivity contribution is 5.96. The lowest BCUT2D eigenvalue weighted by Gasteiger charge is -2.27. The highest BCUT2D eigenvalue weighted by Gasteiger charge is 2.26. The van der Waals surface area contributed by atoms with E-state index in [4.69, 9.17) is 14.5 Å². The number of likely N-dealkylation sites (N-methyl/N-ethyl adjacent to an activating group) is 1. The molecular formula is C30H31F2N5O3. The van der Waals surface area contributed by atoms with Gasteiger partial charge in [-0.15, -0.1) is 0 Å². The van der Waals surface area contributed by atoms with Crippen molar-refractivity contribution in [1.29, 1.82) is 0 Å². The number of nitrogens with zero attached hydrogens (tertiary/aromatic N) is 4. The molecule has 1 amide bonds. The van der Waals surface area contributed by atoms with Crippen molar-refractivity contribution in [2.24, 2.45) is 5.92 Å². The Morgan fingerprint density at radius 2 is 2.02 bits per heavy atom. The number of aromatic nitrogens is 3. The Labute approximate surface area is 230 Å². The van der Waals surface area contributed by atoms with Crippen molar-refractivity contribution in [2.75, 3.05) is 47.5 Å². The van der Waals surface area contributed by atoms with Crippen LogP contribution in [-0.4, -0.2) is 78.2 Å². The van der Waals surface area contributed by atoms with Crippen molar-refractivity contribution >= 4 is 17.1 Å². The van der Waals surface area contributed by atoms with Gasteiger partial charge >= 0.3 is 0 Å². The summed E-state index contributed by atoms with van der Waals surface area (Å²) in [6.45, 7) is 3.32. The molecule has 0 bridgehead atoms. The first-order valence-corrected chi connectivity index (χ1v) is 13.4. The first kappa shape index (κ1) is 26.3. The molecule has 4 aromatic rings. The molecule has 2 aliphatic heterocycles. The molecule has 40 heavy (non-hydrogen) atoms. The van der Waals surface area contributed by atoms with Crippen LogP contribution in [0.5, 0.6) is 5.75 Å². The minimum atomic E-state index is -0.919. The number of amides is 1. The van der Waals surface area contributed by atoms with Crippen LogP contribution in [-0.2, 0) is 17.7 Å². The van der Waals surface area contributed by atoms with E-state index >= 15 is 8.78 Å². The van der Waals surface area contributed by atoms with Crippen molar-refractivity contribution in [3.05, 3.63) is 65.0 Å². The summed E-state index contributed by atoms with van der Waals surface area (Å²) in [4.78, 5) is 28.9. The predicted octanol–water partition coefficient (Wildman–Crippen LogP) is 4.68. The lowest BCUT2D eigenvalue weighted by Crippen LogP contribution is -2.33. The van der Waals surface area contributed by atoms with E-state index in [1.807, 2.05) is 6.07 Å². The van der Waals surface area contributed by atoms with Crippen LogP contribution >= 0.6 is 0 Å². The Morgan fingerprint density at radius 1 is 1.23 bits per heavy atom. The highest BCUT2D eigenvalue weighted by Crippen LogP contribution is 2.35. The van der Waals surface area contributed by atoms with E-state index < -0.39 is 23.1 Å². The SMILES string of the molecule is COc1cc(-c2cnc3[nH]cc(-c4cc(F)c(C(=O)N(C)C[C@H]5CCOC5)c(F)c4)c3n2)cc2c1CN(C)CC2. The van der Waals surface area contributed by atoms with Crippen LogP contribution in [0.25, 0.3) is 33.5 Å². The number of aromatic amines is 1. The Bertz CT molecular complexity index is 1560. The number of carbonyl (C=O) groups is 1. The number of ether oxygens (including phenoxy) is 2. The molecule has 2 aliphatic rings. The van der Waals surface area contributed by atoms with Gasteiger partial charge in [-0.1, -0.05) is 0 Å². The van der Waals surface area contributed by atoms with Crippen molar-refractivity contribution in [3.8, 4) is 28.1 Å². The number of fused-ring (bicyclic) bond motifs is 2. The zero-order chi connectivity index (χ0) is 28.0. The van der Waals surface area contributed by atoms with Gasteiger partial charge in [0, 0.05) is 62.1 Å². The van der Waals surface area contributed by atoms with Gasteiger partial charge in [-0.05, 0) is 55.3 Å². The molecule has 8 nitrogen and oxygen atoms in total. The number of carbonyl (C=O) groups excluding carboxylic acids is 1. The summed E-state index contributed by atoms with van der Waals surface area (Å²) in [5.74, 6) is -1.57. The summed E-state index contributed by atoms with van der Waals surface area (Å²) in [6, 6.07) is 6.42. The van der Waals surface area contributed by atoms with Crippen LogP contribution in [0.2, 0.25) is 0 Å². The third kappa shape index (κ3) is 4.82. The molecule has 4 heterocycles. The van der Waals surface area contributed by atoms with Crippen molar-refractivity contribution in [1.82, 2.24) is 24.8 Å². The maximum Gasteiger partial charge on any atom is 0.259 e. The third-order valence-corrected chi connectivity index (χ3v) is 7.86. The number of halogens is 2. The number of rotatable bonds is 6. The van der Waals surface area contributed by atoms with Gasteiger partial charge in [0.05, 0.1) is 25.6 Å². The number of benzene rings is 2. The molecular weight excluding hydrogens is 516 g/mol. The lowest BCUT2D eigenvalue weighted by atomic mass is 9.95. The largest absolute Gasteiger partial charge is 0.496 e. The van der Waals surface area contributed by atoms with Crippen LogP contribution in [0, 0.1) is 17.6 Å². The second kappa shape index (κ2) is 10.6. The van der Waals surface area contributed by atoms with Crippen LogP contribution in [0.4, 0.5) is 8.78 Å². The zero-order valence-electron chi connectivity index (χ0n) is 22.8. The molecule has 2 aromatic carbocycles. The smallest absolute Gasteiger partial charge is 0.259 e. The van der Waals surface area contributed by atoms with E-state index in [9.17, 15) is 4.79 Å². The molecule has 0 aliphatic carbocycles. The Hall–Kier alpha value is -3.89. The van der Waals surface area contributed by atoms with Gasteiger partial charge < -0.3 is 24.3 Å². The summed E-state index contributed by atoms with van der Waals surface area (Å²) < 4.78 is 41.6. The van der Waals surface area contributed by atoms with Crippen LogP contribution in [0.3, 0.4) is 0 Å². The zero-order valence-corrected chi connectivity index (χ0v) is 22.8. The van der Waals surface area contributed by atoms with E-state index in [0.717, 1.165) is 37.2 Å². The standard InChI is InChI=1S/C30H31F2N5O3/c1-36-6-4-18-8-20(11-26(39-3)22(18)15-36)25-13-34-29-28(35-25)21(12-33-29)19-9-23(31)27(24(32)10-19)30(38)37(2)14-17-5-7-40-16-17/h8-13,17H,4-7,14-16H2,1-3H3,(H,33,34)/t17-/m1/s1. The van der Waals surface area contributed by atoms with Gasteiger partial charge in [0.2, 0.25) is 0 Å². The second-order valence-corrected chi connectivity index (χ2v) is 10.7. The molecule has 1 fully saturated rings. The molecule has 0 spiro atoms. The van der Waals surface area contributed by atoms with Crippen molar-refractivity contribution < 1.29 is 23.0 Å². The first-order valence-electron chi connectivity index (χ1n) is 13.4. The number of hydrogen-bond acceptors (Lipinski definition) is 6. The lowest BCUT2D eigenvalue weighted by molar-refractivity contribution is 0.0756. The first-order chi connectivity index (χ1) is 19.3. The molecule has 2 aromatic heterocycles. The van der Waals surface area contributed by atoms with E-state index in [1.54, 1.807) is 26.6 Å². The minimum Gasteiger partial charge on any atom is -0.496 e. The fourth-order valence-corrected chi connectivity index (χ4v) is 5.67. The molecule has 0 radical (unpaired) electrons. The van der Waals surface area contributed by atoms with Crippen LogP contribution in [0.1, 0.15) is 27.9 Å². The van der Waals surface area contributed by atoms with Gasteiger partial charge in [-0.2, -0.15) is 0 Å². The summed E-state index contributed by atoms with van der Waals surface area (Å²) in [7, 11) is 5.30. The molecule has 1 atom stereocenters. The number of H-pyrrole nitrogens is 1. The Balaban J connectivity index is 1.34. The summed E-state index contributed by atoms with van der Waals surface area (Å²) in [5, 5.41) is 0. The van der Waals surface area contributed by atoms with Crippen molar-refractivity contribution in [3.63, 3.8) is 0 Å². The van der Waals surface area contributed by atoms with E-state index in [0.29, 0.717) is 42.2 Å². The minimum absolute atomic E-state index is 0.162. The topological polar surface area (TPSA) is 83.6 Å². The van der Waals surface area contributed by atoms with Crippen molar-refractivity contribution in [2.45, 2.75) is 19.4 Å². The Kier molecular flexibility index (Phi) is 6.97. The number of hydrogen-bond donors (Lipinski definition) is 1. The maximum absolute atomic E-state index is 15.3. The van der Waals surface area contributed by atoms with Gasteiger partial charge in [-0.3, -0.25) is 4.79 Å². The summed E-state index contributed by atoms with van der Waals surface area (Å²) >= 11 is 0. The molecule has 1 N–H and O–H groups in total. The fraction of sp³-hybridized carbons (Fsp3) is 0.367. The quantitative estimate of drug-likeness (QED) is 0.378. The number of methoxy groups -OCH3 is 1. The van der Waals surface area contributed by atoms with E-state index in [1.165, 1.54) is 28.2 Å². The highest BCUT2D eigenvalue weighted by atomic mass is 19.1. The molecule has 10 heteroatoms. The van der Waals surface area contributed by atoms with Gasteiger partial charge in [-0.25, -0.2) is 18.7 Å². The molecule has 208 valence electrons. The average molecular weight is 548 g/mol. The maximum atomic E-state index is 15.3. The summed E-state index contributed by atoms with van der Waals surface area (Å²) in [6.07, 6.45) is 5.02. The van der Waals surface area contributed by atoms with Gasteiger partial charge in [0.15, 0.2) is 5.65 Å². The summed E-state index contributed by atoms with van der Waals surface area (Å²) in [5.41, 5.74) is 5.01. The monoisotopic (exact) mass is 547 g/mol. The molecule has 0 unspecified atom stereocenters. The van der Waals surface area contributed by atoms with E-state index in [-0.39, 0.29) is 11.5 Å². The second-order valence-electron chi connectivity index (χ2n) is 10.7. The third-order valence-electron chi connectivity index (χ3n) is 7.86. The Morgan fingerprint density at radius 3 is 2.75 bits per heavy atom. The number of nitrogens with one attached hydrogen (secondary N) is 1.